The van der Waals surface area contributed by atoms with Crippen LogP contribution in [0.5, 0.6) is 0 Å². The molecule has 2 aliphatic rings. The van der Waals surface area contributed by atoms with Gasteiger partial charge in [-0.2, -0.15) is 0 Å². The van der Waals surface area contributed by atoms with Crippen molar-refractivity contribution in [3.8, 4) is 0 Å². The number of carbonyl (C=O) groups excluding carboxylic acids is 1. The van der Waals surface area contributed by atoms with E-state index in [0.717, 1.165) is 32.1 Å². The summed E-state index contributed by atoms with van der Waals surface area (Å²) in [6, 6.07) is 13.9. The summed E-state index contributed by atoms with van der Waals surface area (Å²) < 4.78 is 0. The first-order chi connectivity index (χ1) is 9.76. The summed E-state index contributed by atoms with van der Waals surface area (Å²) in [5, 5.41) is 2.64. The van der Waals surface area contributed by atoms with Crippen LogP contribution in [0.15, 0.2) is 30.3 Å². The number of carbonyl (C=O) groups is 1. The fourth-order valence-corrected chi connectivity index (χ4v) is 4.63. The van der Waals surface area contributed by atoms with Gasteiger partial charge in [-0.3, -0.25) is 4.79 Å². The van der Waals surface area contributed by atoms with Gasteiger partial charge in [0.05, 0.1) is 0 Å². The van der Waals surface area contributed by atoms with Crippen molar-refractivity contribution >= 4 is 16.6 Å². The Bertz CT molecular complexity index is 700. The zero-order valence-electron chi connectivity index (χ0n) is 11.9. The first-order valence-electron chi connectivity index (χ1n) is 7.71. The number of hydrogen-bond acceptors (Lipinski definition) is 1. The molecule has 1 radical (unpaired) electrons. The third-order valence-electron chi connectivity index (χ3n) is 5.72. The standard InChI is InChI=1S/C19H19O/c1-2-19-12-11-15-14-6-4-3-5-13(14)7-8-16(15)17(19)9-10-18(19)20/h4-8,17H,2,9-12H2,1H3/t17-,19-/m0/s1. The topological polar surface area (TPSA) is 17.1 Å². The molecule has 0 unspecified atom stereocenters. The zero-order chi connectivity index (χ0) is 13.7. The van der Waals surface area contributed by atoms with E-state index in [9.17, 15) is 4.79 Å². The highest BCUT2D eigenvalue weighted by molar-refractivity contribution is 5.92. The Morgan fingerprint density at radius 3 is 3.05 bits per heavy atom. The Balaban J connectivity index is 1.95. The molecule has 0 spiro atoms. The maximum Gasteiger partial charge on any atom is 0.139 e. The predicted octanol–water partition coefficient (Wildman–Crippen LogP) is 4.43. The summed E-state index contributed by atoms with van der Waals surface area (Å²) in [4.78, 5) is 12.4. The van der Waals surface area contributed by atoms with Gasteiger partial charge in [-0.05, 0) is 65.6 Å². The molecule has 0 bridgehead atoms. The van der Waals surface area contributed by atoms with E-state index >= 15 is 0 Å². The van der Waals surface area contributed by atoms with E-state index in [2.05, 4.69) is 37.3 Å². The van der Waals surface area contributed by atoms with E-state index in [-0.39, 0.29) is 5.41 Å². The monoisotopic (exact) mass is 263 g/mol. The molecule has 2 aromatic rings. The van der Waals surface area contributed by atoms with Crippen LogP contribution >= 0.6 is 0 Å². The summed E-state index contributed by atoms with van der Waals surface area (Å²) in [6.07, 6.45) is 4.91. The zero-order valence-corrected chi connectivity index (χ0v) is 11.9. The largest absolute Gasteiger partial charge is 0.299 e. The summed E-state index contributed by atoms with van der Waals surface area (Å²) in [5.74, 6) is 0.967. The highest BCUT2D eigenvalue weighted by Gasteiger charge is 2.51. The number of Topliss-reactive ketones (excluding diaryl/α,β-unsaturated/α-hetero) is 1. The fraction of sp³-hybridized carbons (Fsp3) is 0.421. The van der Waals surface area contributed by atoms with Crippen LogP contribution in [-0.4, -0.2) is 5.78 Å². The molecule has 0 amide bonds. The summed E-state index contributed by atoms with van der Waals surface area (Å²) in [5.41, 5.74) is 2.88. The van der Waals surface area contributed by atoms with Crippen LogP contribution in [0.2, 0.25) is 0 Å². The Hall–Kier alpha value is -1.63. The second kappa shape index (κ2) is 4.18. The number of hydrogen-bond donors (Lipinski definition) is 0. The van der Waals surface area contributed by atoms with Gasteiger partial charge < -0.3 is 0 Å². The lowest BCUT2D eigenvalue weighted by atomic mass is 9.63. The lowest BCUT2D eigenvalue weighted by Crippen LogP contribution is -2.34. The van der Waals surface area contributed by atoms with Gasteiger partial charge in [0.25, 0.3) is 0 Å². The first-order valence-corrected chi connectivity index (χ1v) is 7.71. The minimum atomic E-state index is -0.0540. The van der Waals surface area contributed by atoms with Gasteiger partial charge in [-0.15, -0.1) is 0 Å². The van der Waals surface area contributed by atoms with E-state index in [1.807, 2.05) is 6.07 Å². The molecule has 20 heavy (non-hydrogen) atoms. The second-order valence-corrected chi connectivity index (χ2v) is 6.30. The normalized spacial score (nSPS) is 28.4. The van der Waals surface area contributed by atoms with E-state index in [1.54, 1.807) is 0 Å². The van der Waals surface area contributed by atoms with Gasteiger partial charge in [0.2, 0.25) is 0 Å². The van der Waals surface area contributed by atoms with Gasteiger partial charge in [-0.1, -0.05) is 31.2 Å². The van der Waals surface area contributed by atoms with Crippen molar-refractivity contribution in [2.45, 2.75) is 44.9 Å². The molecule has 2 aliphatic carbocycles. The van der Waals surface area contributed by atoms with E-state index < -0.39 is 0 Å². The molecule has 0 heterocycles. The molecular formula is C19H19O. The van der Waals surface area contributed by atoms with Crippen molar-refractivity contribution < 1.29 is 4.79 Å². The highest BCUT2D eigenvalue weighted by Crippen LogP contribution is 2.56. The van der Waals surface area contributed by atoms with Crippen LogP contribution in [0, 0.1) is 11.5 Å². The molecule has 0 aliphatic heterocycles. The van der Waals surface area contributed by atoms with Crippen molar-refractivity contribution in [2.24, 2.45) is 5.41 Å². The van der Waals surface area contributed by atoms with Gasteiger partial charge in [0.1, 0.15) is 5.78 Å². The smallest absolute Gasteiger partial charge is 0.139 e. The van der Waals surface area contributed by atoms with E-state index in [4.69, 9.17) is 0 Å². The summed E-state index contributed by atoms with van der Waals surface area (Å²) in [7, 11) is 0. The van der Waals surface area contributed by atoms with E-state index in [1.165, 1.54) is 21.9 Å². The van der Waals surface area contributed by atoms with Crippen LogP contribution in [0.25, 0.3) is 10.8 Å². The molecular weight excluding hydrogens is 244 g/mol. The van der Waals surface area contributed by atoms with Crippen LogP contribution in [0.1, 0.15) is 49.7 Å². The molecule has 1 heteroatoms. The first kappa shape index (κ1) is 12.1. The molecule has 1 saturated carbocycles. The van der Waals surface area contributed by atoms with Crippen molar-refractivity contribution in [2.75, 3.05) is 0 Å². The number of aryl methyl sites for hydroxylation is 1. The summed E-state index contributed by atoms with van der Waals surface area (Å²) in [6.45, 7) is 2.19. The van der Waals surface area contributed by atoms with Gasteiger partial charge >= 0.3 is 0 Å². The third-order valence-corrected chi connectivity index (χ3v) is 5.72. The molecule has 1 nitrogen and oxygen atoms in total. The van der Waals surface area contributed by atoms with Gasteiger partial charge in [-0.25, -0.2) is 0 Å². The molecule has 0 saturated heterocycles. The maximum atomic E-state index is 12.4. The van der Waals surface area contributed by atoms with Crippen LogP contribution < -0.4 is 0 Å². The average Bonchev–Trinajstić information content (AvgIpc) is 2.85. The van der Waals surface area contributed by atoms with Crippen LogP contribution in [0.4, 0.5) is 0 Å². The Morgan fingerprint density at radius 2 is 2.20 bits per heavy atom. The molecule has 2 aromatic carbocycles. The lowest BCUT2D eigenvalue weighted by Gasteiger charge is -2.39. The molecule has 2 atom stereocenters. The molecule has 0 aromatic heterocycles. The average molecular weight is 263 g/mol. The highest BCUT2D eigenvalue weighted by atomic mass is 16.1. The number of benzene rings is 2. The van der Waals surface area contributed by atoms with Crippen LogP contribution in [-0.2, 0) is 11.2 Å². The predicted molar refractivity (Wildman–Crippen MR) is 80.8 cm³/mol. The lowest BCUT2D eigenvalue weighted by molar-refractivity contribution is -0.127. The van der Waals surface area contributed by atoms with Crippen molar-refractivity contribution in [1.29, 1.82) is 0 Å². The summed E-state index contributed by atoms with van der Waals surface area (Å²) >= 11 is 0. The Morgan fingerprint density at radius 1 is 1.30 bits per heavy atom. The van der Waals surface area contributed by atoms with Gasteiger partial charge in [0.15, 0.2) is 0 Å². The third kappa shape index (κ3) is 1.41. The minimum absolute atomic E-state index is 0.0540. The van der Waals surface area contributed by atoms with Crippen molar-refractivity contribution in [1.82, 2.24) is 0 Å². The maximum absolute atomic E-state index is 12.4. The van der Waals surface area contributed by atoms with Crippen molar-refractivity contribution in [3.63, 3.8) is 0 Å². The minimum Gasteiger partial charge on any atom is -0.299 e. The van der Waals surface area contributed by atoms with Crippen LogP contribution in [0.3, 0.4) is 0 Å². The SMILES string of the molecule is CC[C@]12CCc3c(ccc4c[c]ccc34)[C@@H]1CCC2=O. The van der Waals surface area contributed by atoms with Crippen molar-refractivity contribution in [3.05, 3.63) is 47.5 Å². The fourth-order valence-electron chi connectivity index (χ4n) is 4.63. The number of rotatable bonds is 1. The Kier molecular flexibility index (Phi) is 2.54. The molecule has 0 N–H and O–H groups in total. The molecule has 101 valence electrons. The number of ketones is 1. The quantitative estimate of drug-likeness (QED) is 0.744. The Labute approximate surface area is 120 Å². The number of fused-ring (bicyclic) bond motifs is 5. The molecule has 4 rings (SSSR count). The van der Waals surface area contributed by atoms with E-state index in [0.29, 0.717) is 11.7 Å². The second-order valence-electron chi connectivity index (χ2n) is 6.30. The van der Waals surface area contributed by atoms with Gasteiger partial charge in [0, 0.05) is 11.8 Å². The molecule has 1 fully saturated rings.